The quantitative estimate of drug-likeness (QED) is 0.451. The second-order valence-corrected chi connectivity index (χ2v) is 8.26. The molecule has 0 amide bonds. The van der Waals surface area contributed by atoms with E-state index >= 15 is 0 Å². The van der Waals surface area contributed by atoms with Crippen molar-refractivity contribution in [2.45, 2.75) is 71.6 Å². The summed E-state index contributed by atoms with van der Waals surface area (Å²) in [6.07, 6.45) is 10.8. The highest BCUT2D eigenvalue weighted by atomic mass is 19.1. The molecule has 3 rings (SSSR count). The van der Waals surface area contributed by atoms with Crippen molar-refractivity contribution >= 4 is 0 Å². The summed E-state index contributed by atoms with van der Waals surface area (Å²) in [6, 6.07) is 13.9. The van der Waals surface area contributed by atoms with Gasteiger partial charge in [0.2, 0.25) is 0 Å². The van der Waals surface area contributed by atoms with Crippen LogP contribution >= 0.6 is 0 Å². The Balaban J connectivity index is 1.61. The largest absolute Gasteiger partial charge is 0.207 e. The summed E-state index contributed by atoms with van der Waals surface area (Å²) in [5.74, 6) is 8.24. The lowest BCUT2D eigenvalue weighted by molar-refractivity contribution is 0.300. The fourth-order valence-corrected chi connectivity index (χ4v) is 4.23. The van der Waals surface area contributed by atoms with Crippen LogP contribution in [0.25, 0.3) is 11.1 Å². The van der Waals surface area contributed by atoms with Crippen LogP contribution in [0, 0.1) is 29.5 Å². The summed E-state index contributed by atoms with van der Waals surface area (Å²) in [6.45, 7) is 4.42. The Morgan fingerprint density at radius 3 is 2.25 bits per heavy atom. The van der Waals surface area contributed by atoms with Crippen molar-refractivity contribution in [3.8, 4) is 23.0 Å². The second kappa shape index (κ2) is 10.5. The fraction of sp³-hybridized carbons (Fsp3) is 0.481. The minimum atomic E-state index is -0.0894. The zero-order valence-electron chi connectivity index (χ0n) is 17.4. The zero-order valence-corrected chi connectivity index (χ0v) is 17.4. The van der Waals surface area contributed by atoms with Crippen LogP contribution in [0.15, 0.2) is 42.5 Å². The van der Waals surface area contributed by atoms with E-state index in [9.17, 15) is 4.39 Å². The van der Waals surface area contributed by atoms with Gasteiger partial charge in [-0.2, -0.15) is 0 Å². The van der Waals surface area contributed by atoms with Crippen molar-refractivity contribution < 1.29 is 4.39 Å². The summed E-state index contributed by atoms with van der Waals surface area (Å²) in [5, 5.41) is 0. The molecule has 0 aliphatic heterocycles. The predicted molar refractivity (Wildman–Crippen MR) is 118 cm³/mol. The summed E-state index contributed by atoms with van der Waals surface area (Å²) in [7, 11) is 0. The first kappa shape index (κ1) is 20.7. The van der Waals surface area contributed by atoms with Crippen LogP contribution in [0.3, 0.4) is 0 Å². The first-order chi connectivity index (χ1) is 13.7. The third-order valence-corrected chi connectivity index (χ3v) is 6.04. The maximum atomic E-state index is 14.3. The molecule has 1 saturated carbocycles. The molecule has 0 N–H and O–H groups in total. The van der Waals surface area contributed by atoms with Crippen molar-refractivity contribution in [3.63, 3.8) is 0 Å². The van der Waals surface area contributed by atoms with Crippen LogP contribution in [0.5, 0.6) is 0 Å². The highest BCUT2D eigenvalue weighted by molar-refractivity contribution is 5.65. The van der Waals surface area contributed by atoms with E-state index in [2.05, 4.69) is 50.0 Å². The van der Waals surface area contributed by atoms with E-state index in [4.69, 9.17) is 0 Å². The van der Waals surface area contributed by atoms with Gasteiger partial charge in [-0.25, -0.2) is 4.39 Å². The molecule has 1 fully saturated rings. The topological polar surface area (TPSA) is 0 Å². The fourth-order valence-electron chi connectivity index (χ4n) is 4.23. The van der Waals surface area contributed by atoms with Gasteiger partial charge in [0.1, 0.15) is 5.82 Å². The monoisotopic (exact) mass is 376 g/mol. The van der Waals surface area contributed by atoms with Crippen molar-refractivity contribution in [1.82, 2.24) is 0 Å². The van der Waals surface area contributed by atoms with E-state index in [1.54, 1.807) is 6.07 Å². The molecule has 1 aliphatic rings. The molecule has 0 unspecified atom stereocenters. The lowest BCUT2D eigenvalue weighted by Gasteiger charge is -2.25. The number of benzene rings is 2. The van der Waals surface area contributed by atoms with E-state index in [1.165, 1.54) is 38.5 Å². The molecule has 2 aromatic rings. The molecule has 0 heterocycles. The Kier molecular flexibility index (Phi) is 7.72. The predicted octanol–water partition coefficient (Wildman–Crippen LogP) is 7.79. The van der Waals surface area contributed by atoms with Gasteiger partial charge in [0, 0.05) is 11.5 Å². The zero-order chi connectivity index (χ0) is 19.8. The standard InChI is InChI=1S/C27H33F/c1-3-5-7-25-18-19-26(20-27(25)28)24-16-14-23(15-17-24)13-12-22-10-8-21(6-4-2)9-11-22/h14-22H,3-11H2,1-2H3/t21-,22-. The molecular formula is C27H33F. The average Bonchev–Trinajstić information content (AvgIpc) is 2.73. The van der Waals surface area contributed by atoms with Crippen LogP contribution in [0.1, 0.15) is 76.3 Å². The Bertz CT molecular complexity index is 798. The summed E-state index contributed by atoms with van der Waals surface area (Å²) in [5.41, 5.74) is 3.86. The van der Waals surface area contributed by atoms with E-state index < -0.39 is 0 Å². The highest BCUT2D eigenvalue weighted by Gasteiger charge is 2.18. The Morgan fingerprint density at radius 1 is 0.893 bits per heavy atom. The number of rotatable bonds is 6. The number of unbranched alkanes of at least 4 members (excludes halogenated alkanes) is 1. The van der Waals surface area contributed by atoms with E-state index in [1.807, 2.05) is 12.1 Å². The lowest BCUT2D eigenvalue weighted by atomic mass is 9.80. The van der Waals surface area contributed by atoms with Gasteiger partial charge in [-0.15, -0.1) is 0 Å². The van der Waals surface area contributed by atoms with Gasteiger partial charge in [0.25, 0.3) is 0 Å². The molecule has 148 valence electrons. The average molecular weight is 377 g/mol. The molecule has 0 atom stereocenters. The Hall–Kier alpha value is -2.07. The maximum absolute atomic E-state index is 14.3. The molecule has 0 aromatic heterocycles. The van der Waals surface area contributed by atoms with E-state index in [0.717, 1.165) is 47.4 Å². The lowest BCUT2D eigenvalue weighted by Crippen LogP contribution is -2.13. The molecule has 1 heteroatoms. The first-order valence-electron chi connectivity index (χ1n) is 11.1. The minimum absolute atomic E-state index is 0.0894. The molecule has 1 aliphatic carbocycles. The Morgan fingerprint density at radius 2 is 1.61 bits per heavy atom. The number of aryl methyl sites for hydroxylation is 1. The van der Waals surface area contributed by atoms with Crippen LogP contribution in [-0.2, 0) is 6.42 Å². The van der Waals surface area contributed by atoms with Gasteiger partial charge >= 0.3 is 0 Å². The number of hydrogen-bond donors (Lipinski definition) is 0. The third kappa shape index (κ3) is 5.71. The summed E-state index contributed by atoms with van der Waals surface area (Å²) < 4.78 is 14.3. The molecular weight excluding hydrogens is 343 g/mol. The van der Waals surface area contributed by atoms with Gasteiger partial charge in [-0.05, 0) is 79.3 Å². The normalized spacial score (nSPS) is 19.1. The number of hydrogen-bond acceptors (Lipinski definition) is 0. The third-order valence-electron chi connectivity index (χ3n) is 6.04. The van der Waals surface area contributed by atoms with Crippen LogP contribution in [-0.4, -0.2) is 0 Å². The van der Waals surface area contributed by atoms with E-state index in [0.29, 0.717) is 5.92 Å². The summed E-state index contributed by atoms with van der Waals surface area (Å²) >= 11 is 0. The summed E-state index contributed by atoms with van der Waals surface area (Å²) in [4.78, 5) is 0. The minimum Gasteiger partial charge on any atom is -0.207 e. The number of halogens is 1. The highest BCUT2D eigenvalue weighted by Crippen LogP contribution is 2.31. The van der Waals surface area contributed by atoms with Crippen molar-refractivity contribution in [3.05, 3.63) is 59.4 Å². The van der Waals surface area contributed by atoms with Crippen LogP contribution in [0.2, 0.25) is 0 Å². The maximum Gasteiger partial charge on any atom is 0.127 e. The van der Waals surface area contributed by atoms with Gasteiger partial charge in [0.05, 0.1) is 0 Å². The molecule has 0 nitrogen and oxygen atoms in total. The van der Waals surface area contributed by atoms with Crippen molar-refractivity contribution in [2.75, 3.05) is 0 Å². The second-order valence-electron chi connectivity index (χ2n) is 8.26. The molecule has 28 heavy (non-hydrogen) atoms. The van der Waals surface area contributed by atoms with Gasteiger partial charge in [-0.1, -0.05) is 69.2 Å². The molecule has 2 aromatic carbocycles. The smallest absolute Gasteiger partial charge is 0.127 e. The molecule has 0 radical (unpaired) electrons. The van der Waals surface area contributed by atoms with Crippen molar-refractivity contribution in [1.29, 1.82) is 0 Å². The van der Waals surface area contributed by atoms with Gasteiger partial charge in [0.15, 0.2) is 0 Å². The van der Waals surface area contributed by atoms with Crippen LogP contribution < -0.4 is 0 Å². The van der Waals surface area contributed by atoms with Gasteiger partial charge in [-0.3, -0.25) is 0 Å². The first-order valence-corrected chi connectivity index (χ1v) is 11.1. The molecule has 0 spiro atoms. The molecule has 0 saturated heterocycles. The van der Waals surface area contributed by atoms with Gasteiger partial charge < -0.3 is 0 Å². The SMILES string of the molecule is CCCCc1ccc(-c2ccc(C#C[C@H]3CC[C@H](CCC)CC3)cc2)cc1F. The van der Waals surface area contributed by atoms with Crippen LogP contribution in [0.4, 0.5) is 4.39 Å². The Labute approximate surface area is 170 Å². The van der Waals surface area contributed by atoms with Crippen molar-refractivity contribution in [2.24, 2.45) is 11.8 Å². The molecule has 0 bridgehead atoms. The van der Waals surface area contributed by atoms with E-state index in [-0.39, 0.29) is 5.82 Å².